The summed E-state index contributed by atoms with van der Waals surface area (Å²) in [6.45, 7) is 3.08. The number of nitrogens with zero attached hydrogens (tertiary/aromatic N) is 2. The zero-order valence-corrected chi connectivity index (χ0v) is 19.2. The molecule has 166 valence electrons. The third kappa shape index (κ3) is 6.08. The van der Waals surface area contributed by atoms with E-state index in [1.54, 1.807) is 30.0 Å². The van der Waals surface area contributed by atoms with Crippen molar-refractivity contribution in [1.29, 1.82) is 0 Å². The summed E-state index contributed by atoms with van der Waals surface area (Å²) in [5.74, 6) is -1.01. The lowest BCUT2D eigenvalue weighted by molar-refractivity contribution is -0.145. The Morgan fingerprint density at radius 2 is 2.00 bits per heavy atom. The van der Waals surface area contributed by atoms with Crippen molar-refractivity contribution in [2.75, 3.05) is 46.1 Å². The topological polar surface area (TPSA) is 102 Å². The van der Waals surface area contributed by atoms with Gasteiger partial charge in [-0.2, -0.15) is 0 Å². The fraction of sp³-hybridized carbons (Fsp3) is 0.400. The Kier molecular flexibility index (Phi) is 8.10. The molecule has 0 aliphatic carbocycles. The number of imide groups is 1. The van der Waals surface area contributed by atoms with E-state index in [0.29, 0.717) is 37.6 Å². The molecule has 0 spiro atoms. The van der Waals surface area contributed by atoms with Crippen LogP contribution in [0.4, 0.5) is 4.79 Å². The van der Waals surface area contributed by atoms with Crippen LogP contribution in [0.5, 0.6) is 5.75 Å². The Bertz CT molecular complexity index is 915. The molecule has 2 heterocycles. The van der Waals surface area contributed by atoms with Crippen molar-refractivity contribution in [2.24, 2.45) is 0 Å². The lowest BCUT2D eigenvalue weighted by Gasteiger charge is -2.28. The minimum Gasteiger partial charge on any atom is -0.481 e. The first-order valence-corrected chi connectivity index (χ1v) is 11.2. The van der Waals surface area contributed by atoms with Gasteiger partial charge >= 0.3 is 5.97 Å². The average molecular weight is 513 g/mol. The van der Waals surface area contributed by atoms with Gasteiger partial charge in [0.2, 0.25) is 5.91 Å². The second kappa shape index (κ2) is 10.8. The van der Waals surface area contributed by atoms with Crippen LogP contribution >= 0.6 is 27.7 Å². The molecule has 2 saturated heterocycles. The van der Waals surface area contributed by atoms with Gasteiger partial charge in [-0.3, -0.25) is 19.3 Å². The Balaban J connectivity index is 1.73. The number of esters is 1. The first-order valence-electron chi connectivity index (χ1n) is 9.58. The minimum atomic E-state index is -0.548. The molecular weight excluding hydrogens is 492 g/mol. The number of carbonyl (C=O) groups is 4. The highest BCUT2D eigenvalue weighted by atomic mass is 79.9. The number of hydrogen-bond acceptors (Lipinski definition) is 8. The smallest absolute Gasteiger partial charge is 0.344 e. The maximum Gasteiger partial charge on any atom is 0.344 e. The zero-order valence-electron chi connectivity index (χ0n) is 16.8. The molecule has 0 bridgehead atoms. The van der Waals surface area contributed by atoms with Crippen LogP contribution in [0.1, 0.15) is 12.5 Å². The third-order valence-electron chi connectivity index (χ3n) is 4.44. The number of amides is 3. The second-order valence-corrected chi connectivity index (χ2v) is 8.45. The quantitative estimate of drug-likeness (QED) is 0.405. The lowest BCUT2D eigenvalue weighted by Crippen LogP contribution is -2.46. The summed E-state index contributed by atoms with van der Waals surface area (Å²) < 4.78 is 16.3. The van der Waals surface area contributed by atoms with E-state index in [9.17, 15) is 19.2 Å². The maximum absolute atomic E-state index is 12.8. The van der Waals surface area contributed by atoms with Crippen molar-refractivity contribution in [3.63, 3.8) is 0 Å². The van der Waals surface area contributed by atoms with Gasteiger partial charge in [-0.25, -0.2) is 4.79 Å². The van der Waals surface area contributed by atoms with Crippen molar-refractivity contribution in [3.8, 4) is 5.75 Å². The van der Waals surface area contributed by atoms with E-state index in [-0.39, 0.29) is 30.6 Å². The molecular formula is C20H21BrN2O7S. The Labute approximate surface area is 191 Å². The Hall–Kier alpha value is -2.37. The summed E-state index contributed by atoms with van der Waals surface area (Å²) in [5, 5.41) is -0.512. The standard InChI is InChI=1S/C20H21BrN2O7S/c1-2-29-18(25)12-30-15-4-3-14(21)9-13(15)10-16-19(26)23(20(27)31-16)11-17(24)22-5-7-28-8-6-22/h3-4,9-10H,2,5-8,11-12H2,1H3/b16-10-. The molecule has 0 aromatic heterocycles. The van der Waals surface area contributed by atoms with E-state index < -0.39 is 17.1 Å². The van der Waals surface area contributed by atoms with Gasteiger partial charge in [0, 0.05) is 23.1 Å². The molecule has 3 rings (SSSR count). The van der Waals surface area contributed by atoms with Crippen molar-refractivity contribution in [3.05, 3.63) is 33.1 Å². The van der Waals surface area contributed by atoms with Crippen LogP contribution in [0.15, 0.2) is 27.6 Å². The summed E-state index contributed by atoms with van der Waals surface area (Å²) in [7, 11) is 0. The molecule has 3 amide bonds. The van der Waals surface area contributed by atoms with E-state index >= 15 is 0 Å². The van der Waals surface area contributed by atoms with E-state index in [2.05, 4.69) is 15.9 Å². The molecule has 1 aromatic rings. The summed E-state index contributed by atoms with van der Waals surface area (Å²) in [5.41, 5.74) is 0.503. The molecule has 0 N–H and O–H groups in total. The Morgan fingerprint density at radius 3 is 2.71 bits per heavy atom. The van der Waals surface area contributed by atoms with Crippen LogP contribution in [0, 0.1) is 0 Å². The lowest BCUT2D eigenvalue weighted by atomic mass is 10.2. The summed E-state index contributed by atoms with van der Waals surface area (Å²) in [6, 6.07) is 5.07. The third-order valence-corrected chi connectivity index (χ3v) is 5.84. The van der Waals surface area contributed by atoms with Gasteiger partial charge in [0.05, 0.1) is 24.7 Å². The largest absolute Gasteiger partial charge is 0.481 e. The van der Waals surface area contributed by atoms with Crippen molar-refractivity contribution >= 4 is 56.8 Å². The highest BCUT2D eigenvalue weighted by Crippen LogP contribution is 2.35. The van der Waals surface area contributed by atoms with Crippen molar-refractivity contribution in [2.45, 2.75) is 6.92 Å². The van der Waals surface area contributed by atoms with Gasteiger partial charge in [-0.1, -0.05) is 15.9 Å². The Morgan fingerprint density at radius 1 is 1.26 bits per heavy atom. The fourth-order valence-electron chi connectivity index (χ4n) is 2.93. The van der Waals surface area contributed by atoms with E-state index in [1.165, 1.54) is 6.08 Å². The van der Waals surface area contributed by atoms with Crippen LogP contribution in [0.3, 0.4) is 0 Å². The van der Waals surface area contributed by atoms with Crippen LogP contribution in [0.2, 0.25) is 0 Å². The summed E-state index contributed by atoms with van der Waals surface area (Å²) in [6.07, 6.45) is 1.51. The van der Waals surface area contributed by atoms with Crippen LogP contribution in [-0.4, -0.2) is 78.9 Å². The van der Waals surface area contributed by atoms with Gasteiger partial charge in [0.1, 0.15) is 12.3 Å². The normalized spacial score (nSPS) is 17.9. The molecule has 2 fully saturated rings. The molecule has 0 saturated carbocycles. The molecule has 0 atom stereocenters. The summed E-state index contributed by atoms with van der Waals surface area (Å²) in [4.78, 5) is 51.9. The van der Waals surface area contributed by atoms with E-state index in [0.717, 1.165) is 21.1 Å². The highest BCUT2D eigenvalue weighted by Gasteiger charge is 2.37. The summed E-state index contributed by atoms with van der Waals surface area (Å²) >= 11 is 4.11. The highest BCUT2D eigenvalue weighted by molar-refractivity contribution is 9.10. The maximum atomic E-state index is 12.8. The number of hydrogen-bond donors (Lipinski definition) is 0. The number of morpholine rings is 1. The number of halogens is 1. The minimum absolute atomic E-state index is 0.166. The van der Waals surface area contributed by atoms with Crippen LogP contribution in [-0.2, 0) is 23.9 Å². The molecule has 0 unspecified atom stereocenters. The van der Waals surface area contributed by atoms with Crippen LogP contribution in [0.25, 0.3) is 6.08 Å². The van der Waals surface area contributed by atoms with E-state index in [1.807, 2.05) is 0 Å². The molecule has 2 aliphatic rings. The van der Waals surface area contributed by atoms with Crippen LogP contribution < -0.4 is 4.74 Å². The van der Waals surface area contributed by atoms with Gasteiger partial charge in [-0.05, 0) is 43.0 Å². The zero-order chi connectivity index (χ0) is 22.4. The van der Waals surface area contributed by atoms with Gasteiger partial charge in [0.15, 0.2) is 6.61 Å². The fourth-order valence-corrected chi connectivity index (χ4v) is 4.14. The van der Waals surface area contributed by atoms with Crippen molar-refractivity contribution in [1.82, 2.24) is 9.80 Å². The molecule has 11 heteroatoms. The molecule has 2 aliphatic heterocycles. The monoisotopic (exact) mass is 512 g/mol. The number of benzene rings is 1. The number of thioether (sulfide) groups is 1. The molecule has 31 heavy (non-hydrogen) atoms. The van der Waals surface area contributed by atoms with Gasteiger partial charge in [0.25, 0.3) is 11.1 Å². The second-order valence-electron chi connectivity index (χ2n) is 6.54. The SMILES string of the molecule is CCOC(=O)COc1ccc(Br)cc1/C=C1\SC(=O)N(CC(=O)N2CCOCC2)C1=O. The number of ether oxygens (including phenoxy) is 3. The predicted molar refractivity (Wildman–Crippen MR) is 116 cm³/mol. The molecule has 1 aromatic carbocycles. The first kappa shape index (κ1) is 23.3. The first-order chi connectivity index (χ1) is 14.9. The molecule has 9 nitrogen and oxygen atoms in total. The van der Waals surface area contributed by atoms with Gasteiger partial charge in [-0.15, -0.1) is 0 Å². The molecule has 0 radical (unpaired) electrons. The van der Waals surface area contributed by atoms with Crippen molar-refractivity contribution < 1.29 is 33.4 Å². The van der Waals surface area contributed by atoms with Gasteiger partial charge < -0.3 is 19.1 Å². The van der Waals surface area contributed by atoms with E-state index in [4.69, 9.17) is 14.2 Å². The number of carbonyl (C=O) groups excluding carboxylic acids is 4. The average Bonchev–Trinajstić information content (AvgIpc) is 3.01. The number of rotatable bonds is 7. The predicted octanol–water partition coefficient (Wildman–Crippen LogP) is 2.29.